The molecule has 0 amide bonds. The second-order valence-electron chi connectivity index (χ2n) is 4.86. The molecule has 1 saturated carbocycles. The van der Waals surface area contributed by atoms with Crippen molar-refractivity contribution in [3.05, 3.63) is 23.4 Å². The first kappa shape index (κ1) is 12.7. The Kier molecular flexibility index (Phi) is 4.27. The highest BCUT2D eigenvalue weighted by molar-refractivity contribution is 6.17. The van der Waals surface area contributed by atoms with Gasteiger partial charge in [0.2, 0.25) is 0 Å². The molecule has 0 radical (unpaired) electrons. The molecule has 2 rings (SSSR count). The molecule has 0 aliphatic heterocycles. The van der Waals surface area contributed by atoms with E-state index in [1.54, 1.807) is 0 Å². The fourth-order valence-corrected chi connectivity index (χ4v) is 2.71. The van der Waals surface area contributed by atoms with Gasteiger partial charge in [-0.2, -0.15) is 0 Å². The molecule has 0 aromatic carbocycles. The number of nitrogens with zero attached hydrogens (tertiary/aromatic N) is 2. The quantitative estimate of drug-likeness (QED) is 0.759. The summed E-state index contributed by atoms with van der Waals surface area (Å²) in [6.45, 7) is 2.14. The van der Waals surface area contributed by atoms with Crippen LogP contribution in [0.5, 0.6) is 0 Å². The number of alkyl halides is 1. The molecule has 1 aromatic heterocycles. The minimum atomic E-state index is 0.570. The van der Waals surface area contributed by atoms with Gasteiger partial charge < -0.3 is 4.90 Å². The van der Waals surface area contributed by atoms with Crippen LogP contribution in [0.1, 0.15) is 43.9 Å². The van der Waals surface area contributed by atoms with Gasteiger partial charge in [-0.25, -0.2) is 4.98 Å². The van der Waals surface area contributed by atoms with Crippen molar-refractivity contribution in [1.82, 2.24) is 4.98 Å². The summed E-state index contributed by atoms with van der Waals surface area (Å²) in [7, 11) is 2.16. The lowest BCUT2D eigenvalue weighted by Crippen LogP contribution is -2.29. The Morgan fingerprint density at radius 2 is 2.06 bits per heavy atom. The third-order valence-electron chi connectivity index (χ3n) is 3.67. The van der Waals surface area contributed by atoms with Crippen molar-refractivity contribution in [3.63, 3.8) is 0 Å². The van der Waals surface area contributed by atoms with Crippen molar-refractivity contribution in [1.29, 1.82) is 0 Å². The van der Waals surface area contributed by atoms with Crippen LogP contribution in [-0.4, -0.2) is 18.1 Å². The highest BCUT2D eigenvalue weighted by Crippen LogP contribution is 2.27. The molecule has 0 unspecified atom stereocenters. The third-order valence-corrected chi connectivity index (χ3v) is 3.98. The number of hydrogen-bond donors (Lipinski definition) is 0. The minimum absolute atomic E-state index is 0.570. The van der Waals surface area contributed by atoms with Crippen LogP contribution in [0.3, 0.4) is 0 Å². The number of anilines is 1. The zero-order valence-corrected chi connectivity index (χ0v) is 11.5. The summed E-state index contributed by atoms with van der Waals surface area (Å²) < 4.78 is 0. The predicted molar refractivity (Wildman–Crippen MR) is 73.8 cm³/mol. The molecule has 0 spiro atoms. The summed E-state index contributed by atoms with van der Waals surface area (Å²) in [5.74, 6) is 1.66. The maximum absolute atomic E-state index is 5.95. The first-order valence-electron chi connectivity index (χ1n) is 6.53. The van der Waals surface area contributed by atoms with Crippen LogP contribution in [0.2, 0.25) is 0 Å². The fraction of sp³-hybridized carbons (Fsp3) is 0.643. The molecule has 17 heavy (non-hydrogen) atoms. The molecule has 2 nitrogen and oxygen atoms in total. The van der Waals surface area contributed by atoms with Crippen molar-refractivity contribution in [2.24, 2.45) is 0 Å². The second-order valence-corrected chi connectivity index (χ2v) is 5.13. The fourth-order valence-electron chi connectivity index (χ4n) is 2.55. The van der Waals surface area contributed by atoms with E-state index in [1.165, 1.54) is 31.2 Å². The Morgan fingerprint density at radius 1 is 1.35 bits per heavy atom. The maximum Gasteiger partial charge on any atom is 0.129 e. The Balaban J connectivity index is 2.23. The molecule has 94 valence electrons. The monoisotopic (exact) mass is 252 g/mol. The summed E-state index contributed by atoms with van der Waals surface area (Å²) in [6, 6.07) is 4.90. The SMILES string of the molecule is CCc1cc(CCl)cc(N(C)C2CCCC2)n1. The van der Waals surface area contributed by atoms with Gasteiger partial charge in [-0.3, -0.25) is 0 Å². The number of hydrogen-bond acceptors (Lipinski definition) is 2. The number of aromatic nitrogens is 1. The molecule has 0 saturated heterocycles. The van der Waals surface area contributed by atoms with Crippen molar-refractivity contribution in [2.45, 2.75) is 50.9 Å². The van der Waals surface area contributed by atoms with Gasteiger partial charge in [0, 0.05) is 24.7 Å². The maximum atomic E-state index is 5.95. The molecule has 1 heterocycles. The second kappa shape index (κ2) is 5.72. The highest BCUT2D eigenvalue weighted by Gasteiger charge is 2.21. The molecule has 1 aromatic rings. The third kappa shape index (κ3) is 2.92. The van der Waals surface area contributed by atoms with Crippen LogP contribution in [0, 0.1) is 0 Å². The van der Waals surface area contributed by atoms with Gasteiger partial charge in [0.15, 0.2) is 0 Å². The molecular weight excluding hydrogens is 232 g/mol. The predicted octanol–water partition coefficient (Wildman–Crippen LogP) is 3.76. The van der Waals surface area contributed by atoms with Gasteiger partial charge in [0.1, 0.15) is 5.82 Å². The van der Waals surface area contributed by atoms with Gasteiger partial charge >= 0.3 is 0 Å². The van der Waals surface area contributed by atoms with E-state index in [9.17, 15) is 0 Å². The van der Waals surface area contributed by atoms with Gasteiger partial charge in [-0.15, -0.1) is 11.6 Å². The standard InChI is InChI=1S/C14H21ClN2/c1-3-12-8-11(10-15)9-14(16-12)17(2)13-6-4-5-7-13/h8-9,13H,3-7,10H2,1-2H3. The molecule has 3 heteroatoms. The van der Waals surface area contributed by atoms with E-state index in [-0.39, 0.29) is 0 Å². The lowest BCUT2D eigenvalue weighted by Gasteiger charge is -2.26. The lowest BCUT2D eigenvalue weighted by molar-refractivity contribution is 0.645. The molecule has 1 fully saturated rings. The zero-order chi connectivity index (χ0) is 12.3. The Morgan fingerprint density at radius 3 is 2.65 bits per heavy atom. The van der Waals surface area contributed by atoms with E-state index in [2.05, 4.69) is 31.0 Å². The summed E-state index contributed by atoms with van der Waals surface area (Å²) >= 11 is 5.95. The van der Waals surface area contributed by atoms with E-state index < -0.39 is 0 Å². The van der Waals surface area contributed by atoms with Crippen LogP contribution in [0.15, 0.2) is 12.1 Å². The lowest BCUT2D eigenvalue weighted by atomic mass is 10.2. The Hall–Kier alpha value is -0.760. The van der Waals surface area contributed by atoms with Gasteiger partial charge in [-0.05, 0) is 37.0 Å². The van der Waals surface area contributed by atoms with Crippen LogP contribution >= 0.6 is 11.6 Å². The van der Waals surface area contributed by atoms with Crippen molar-refractivity contribution in [3.8, 4) is 0 Å². The van der Waals surface area contributed by atoms with Crippen LogP contribution in [0.25, 0.3) is 0 Å². The van der Waals surface area contributed by atoms with Gasteiger partial charge in [0.05, 0.1) is 0 Å². The van der Waals surface area contributed by atoms with Crippen molar-refractivity contribution >= 4 is 17.4 Å². The van der Waals surface area contributed by atoms with E-state index in [0.717, 1.165) is 17.9 Å². The summed E-state index contributed by atoms with van der Waals surface area (Å²) in [6.07, 6.45) is 6.27. The molecule has 0 N–H and O–H groups in total. The summed E-state index contributed by atoms with van der Waals surface area (Å²) in [5.41, 5.74) is 2.32. The molecule has 1 aliphatic carbocycles. The number of halogens is 1. The van der Waals surface area contributed by atoms with Crippen LogP contribution < -0.4 is 4.90 Å². The summed E-state index contributed by atoms with van der Waals surface area (Å²) in [5, 5.41) is 0. The summed E-state index contributed by atoms with van der Waals surface area (Å²) in [4.78, 5) is 7.05. The van der Waals surface area contributed by atoms with Gasteiger partial charge in [0.25, 0.3) is 0 Å². The molecule has 0 atom stereocenters. The highest BCUT2D eigenvalue weighted by atomic mass is 35.5. The largest absolute Gasteiger partial charge is 0.357 e. The van der Waals surface area contributed by atoms with Crippen molar-refractivity contribution < 1.29 is 0 Å². The molecule has 1 aliphatic rings. The topological polar surface area (TPSA) is 16.1 Å². The van der Waals surface area contributed by atoms with E-state index >= 15 is 0 Å². The number of aryl methyl sites for hydroxylation is 1. The zero-order valence-electron chi connectivity index (χ0n) is 10.7. The average Bonchev–Trinajstić information content (AvgIpc) is 2.91. The smallest absolute Gasteiger partial charge is 0.129 e. The first-order chi connectivity index (χ1) is 8.24. The van der Waals surface area contributed by atoms with E-state index in [0.29, 0.717) is 11.9 Å². The first-order valence-corrected chi connectivity index (χ1v) is 7.06. The Labute approximate surface area is 109 Å². The van der Waals surface area contributed by atoms with Crippen molar-refractivity contribution in [2.75, 3.05) is 11.9 Å². The average molecular weight is 253 g/mol. The van der Waals surface area contributed by atoms with E-state index in [1.807, 2.05) is 0 Å². The number of rotatable bonds is 4. The normalized spacial score (nSPS) is 16.4. The van der Waals surface area contributed by atoms with Gasteiger partial charge in [-0.1, -0.05) is 19.8 Å². The minimum Gasteiger partial charge on any atom is -0.357 e. The Bertz CT molecular complexity index is 350. The molecule has 0 bridgehead atoms. The molecular formula is C14H21ClN2. The number of pyridine rings is 1. The van der Waals surface area contributed by atoms with Crippen LogP contribution in [0.4, 0.5) is 5.82 Å². The van der Waals surface area contributed by atoms with E-state index in [4.69, 9.17) is 16.6 Å². The van der Waals surface area contributed by atoms with Crippen LogP contribution in [-0.2, 0) is 12.3 Å².